The molecular weight excluding hydrogens is 340 g/mol. The van der Waals surface area contributed by atoms with E-state index in [1.807, 2.05) is 44.5 Å². The van der Waals surface area contributed by atoms with Gasteiger partial charge in [-0.1, -0.05) is 24.6 Å². The lowest BCUT2D eigenvalue weighted by Gasteiger charge is -2.36. The average Bonchev–Trinajstić information content (AvgIpc) is 2.63. The van der Waals surface area contributed by atoms with Crippen molar-refractivity contribution in [2.45, 2.75) is 40.7 Å². The molecule has 1 aromatic rings. The van der Waals surface area contributed by atoms with Gasteiger partial charge in [0.2, 0.25) is 11.8 Å². The van der Waals surface area contributed by atoms with E-state index in [4.69, 9.17) is 0 Å². The van der Waals surface area contributed by atoms with Crippen LogP contribution in [-0.4, -0.2) is 78.9 Å². The van der Waals surface area contributed by atoms with E-state index in [0.29, 0.717) is 0 Å². The van der Waals surface area contributed by atoms with Crippen LogP contribution in [0.25, 0.3) is 0 Å². The van der Waals surface area contributed by atoms with Gasteiger partial charge < -0.3 is 15.1 Å². The fourth-order valence-electron chi connectivity index (χ4n) is 3.66. The summed E-state index contributed by atoms with van der Waals surface area (Å²) in [6.45, 7) is 14.7. The van der Waals surface area contributed by atoms with Crippen molar-refractivity contribution in [1.29, 1.82) is 0 Å². The maximum Gasteiger partial charge on any atom is 0.239 e. The Labute approximate surface area is 163 Å². The number of hydrogen-bond donors (Lipinski definition) is 1. The summed E-state index contributed by atoms with van der Waals surface area (Å²) in [5, 5.41) is 3.01. The predicted molar refractivity (Wildman–Crippen MR) is 110 cm³/mol. The third-order valence-corrected chi connectivity index (χ3v) is 5.48. The third-order valence-electron chi connectivity index (χ3n) is 5.48. The minimum absolute atomic E-state index is 0.0944. The second-order valence-electron chi connectivity index (χ2n) is 7.67. The Bertz CT molecular complexity index is 658. The standard InChI is InChI=1S/C21H34N4O2/c1-7-24-8-10-25(11-9-24)21(27)18(5)23(6)14-19(26)22-20-16(3)12-15(2)13-17(20)4/h12-13,18H,7-11,14H2,1-6H3,(H,22,26)/t18-/m0/s1. The number of piperazine rings is 1. The highest BCUT2D eigenvalue weighted by Crippen LogP contribution is 2.21. The second-order valence-corrected chi connectivity index (χ2v) is 7.67. The number of amides is 2. The van der Waals surface area contributed by atoms with Crippen LogP contribution in [0.15, 0.2) is 12.1 Å². The first kappa shape index (κ1) is 21.4. The Hall–Kier alpha value is -1.92. The Morgan fingerprint density at radius 1 is 1.11 bits per heavy atom. The van der Waals surface area contributed by atoms with Crippen LogP contribution in [0.5, 0.6) is 0 Å². The van der Waals surface area contributed by atoms with Gasteiger partial charge in [0, 0.05) is 31.9 Å². The van der Waals surface area contributed by atoms with E-state index in [1.54, 1.807) is 0 Å². The monoisotopic (exact) mass is 374 g/mol. The topological polar surface area (TPSA) is 55.9 Å². The van der Waals surface area contributed by atoms with E-state index in [2.05, 4.69) is 29.3 Å². The highest BCUT2D eigenvalue weighted by Gasteiger charge is 2.27. The molecule has 1 aliphatic rings. The number of aryl methyl sites for hydroxylation is 3. The Kier molecular flexibility index (Phi) is 7.39. The fraction of sp³-hybridized carbons (Fsp3) is 0.619. The van der Waals surface area contributed by atoms with E-state index in [0.717, 1.165) is 49.5 Å². The summed E-state index contributed by atoms with van der Waals surface area (Å²) >= 11 is 0. The SMILES string of the molecule is CCN1CCN(C(=O)[C@H](C)N(C)CC(=O)Nc2c(C)cc(C)cc2C)CC1. The van der Waals surface area contributed by atoms with Gasteiger partial charge in [-0.3, -0.25) is 14.5 Å². The van der Waals surface area contributed by atoms with Crippen molar-refractivity contribution in [3.8, 4) is 0 Å². The normalized spacial score (nSPS) is 16.5. The number of benzene rings is 1. The molecule has 0 radical (unpaired) electrons. The number of carbonyl (C=O) groups is 2. The first-order valence-corrected chi connectivity index (χ1v) is 9.82. The van der Waals surface area contributed by atoms with Crippen LogP contribution >= 0.6 is 0 Å². The number of nitrogens with one attached hydrogen (secondary N) is 1. The highest BCUT2D eigenvalue weighted by molar-refractivity contribution is 5.94. The molecule has 1 N–H and O–H groups in total. The molecule has 1 aliphatic heterocycles. The molecule has 27 heavy (non-hydrogen) atoms. The summed E-state index contributed by atoms with van der Waals surface area (Å²) in [6.07, 6.45) is 0. The molecule has 1 saturated heterocycles. The zero-order valence-electron chi connectivity index (χ0n) is 17.6. The van der Waals surface area contributed by atoms with Crippen LogP contribution in [0.2, 0.25) is 0 Å². The van der Waals surface area contributed by atoms with Gasteiger partial charge in [0.15, 0.2) is 0 Å². The fourth-order valence-corrected chi connectivity index (χ4v) is 3.66. The van der Waals surface area contributed by atoms with Crippen molar-refractivity contribution in [2.24, 2.45) is 0 Å². The van der Waals surface area contributed by atoms with E-state index in [-0.39, 0.29) is 24.4 Å². The van der Waals surface area contributed by atoms with Crippen LogP contribution < -0.4 is 5.32 Å². The van der Waals surface area contributed by atoms with Gasteiger partial charge in [0.05, 0.1) is 12.6 Å². The highest BCUT2D eigenvalue weighted by atomic mass is 16.2. The smallest absolute Gasteiger partial charge is 0.239 e. The van der Waals surface area contributed by atoms with Crippen LogP contribution in [-0.2, 0) is 9.59 Å². The molecule has 0 aliphatic carbocycles. The molecule has 150 valence electrons. The molecule has 0 bridgehead atoms. The summed E-state index contributed by atoms with van der Waals surface area (Å²) in [5.41, 5.74) is 4.17. The quantitative estimate of drug-likeness (QED) is 0.828. The van der Waals surface area contributed by atoms with Crippen LogP contribution in [0, 0.1) is 20.8 Å². The minimum atomic E-state index is -0.316. The summed E-state index contributed by atoms with van der Waals surface area (Å²) in [6, 6.07) is 3.81. The van der Waals surface area contributed by atoms with E-state index >= 15 is 0 Å². The van der Waals surface area contributed by atoms with Crippen molar-refractivity contribution in [1.82, 2.24) is 14.7 Å². The second kappa shape index (κ2) is 9.33. The number of hydrogen-bond acceptors (Lipinski definition) is 4. The summed E-state index contributed by atoms with van der Waals surface area (Å²) < 4.78 is 0. The average molecular weight is 375 g/mol. The molecule has 2 amide bonds. The first-order chi connectivity index (χ1) is 12.7. The molecule has 1 fully saturated rings. The maximum absolute atomic E-state index is 12.8. The molecule has 0 saturated carbocycles. The molecule has 0 spiro atoms. The van der Waals surface area contributed by atoms with Gasteiger partial charge in [0.25, 0.3) is 0 Å². The largest absolute Gasteiger partial charge is 0.339 e. The number of rotatable bonds is 6. The summed E-state index contributed by atoms with van der Waals surface area (Å²) in [4.78, 5) is 31.4. The van der Waals surface area contributed by atoms with Crippen molar-refractivity contribution in [3.05, 3.63) is 28.8 Å². The van der Waals surface area contributed by atoms with Gasteiger partial charge in [-0.2, -0.15) is 0 Å². The number of nitrogens with zero attached hydrogens (tertiary/aromatic N) is 3. The van der Waals surface area contributed by atoms with E-state index in [9.17, 15) is 9.59 Å². The summed E-state index contributed by atoms with van der Waals surface area (Å²) in [7, 11) is 1.83. The number of anilines is 1. The molecule has 6 heteroatoms. The Morgan fingerprint density at radius 3 is 2.19 bits per heavy atom. The predicted octanol–water partition coefficient (Wildman–Crippen LogP) is 2.03. The van der Waals surface area contributed by atoms with Crippen LogP contribution in [0.4, 0.5) is 5.69 Å². The molecule has 0 aromatic heterocycles. The van der Waals surface area contributed by atoms with E-state index in [1.165, 1.54) is 5.56 Å². The van der Waals surface area contributed by atoms with Crippen LogP contribution in [0.3, 0.4) is 0 Å². The van der Waals surface area contributed by atoms with Crippen molar-refractivity contribution < 1.29 is 9.59 Å². The molecule has 1 aromatic carbocycles. The molecule has 0 unspecified atom stereocenters. The lowest BCUT2D eigenvalue weighted by atomic mass is 10.1. The van der Waals surface area contributed by atoms with Gasteiger partial charge in [-0.15, -0.1) is 0 Å². The Morgan fingerprint density at radius 2 is 1.67 bits per heavy atom. The number of carbonyl (C=O) groups excluding carboxylic acids is 2. The zero-order chi connectivity index (χ0) is 20.1. The van der Waals surface area contributed by atoms with E-state index < -0.39 is 0 Å². The lowest BCUT2D eigenvalue weighted by molar-refractivity contribution is -0.138. The van der Waals surface area contributed by atoms with Crippen molar-refractivity contribution >= 4 is 17.5 Å². The van der Waals surface area contributed by atoms with Crippen molar-refractivity contribution in [2.75, 3.05) is 51.6 Å². The van der Waals surface area contributed by atoms with Crippen LogP contribution in [0.1, 0.15) is 30.5 Å². The van der Waals surface area contributed by atoms with Gasteiger partial charge in [-0.25, -0.2) is 0 Å². The third kappa shape index (κ3) is 5.53. The number of likely N-dealkylation sites (N-methyl/N-ethyl adjacent to an activating group) is 2. The first-order valence-electron chi connectivity index (χ1n) is 9.82. The lowest BCUT2D eigenvalue weighted by Crippen LogP contribution is -2.54. The minimum Gasteiger partial charge on any atom is -0.339 e. The van der Waals surface area contributed by atoms with Gasteiger partial charge in [0.1, 0.15) is 0 Å². The van der Waals surface area contributed by atoms with Gasteiger partial charge >= 0.3 is 0 Å². The molecule has 6 nitrogen and oxygen atoms in total. The van der Waals surface area contributed by atoms with Gasteiger partial charge in [-0.05, 0) is 52.4 Å². The molecule has 1 atom stereocenters. The molecular formula is C21H34N4O2. The Balaban J connectivity index is 1.91. The maximum atomic E-state index is 12.8. The molecule has 1 heterocycles. The summed E-state index contributed by atoms with van der Waals surface area (Å²) in [5.74, 6) is 0.00626. The molecule has 2 rings (SSSR count). The zero-order valence-corrected chi connectivity index (χ0v) is 17.6. The van der Waals surface area contributed by atoms with Crippen molar-refractivity contribution in [3.63, 3.8) is 0 Å².